The number of anilines is 1. The number of rotatable bonds is 3. The number of hydrogen-bond acceptors (Lipinski definition) is 4. The van der Waals surface area contributed by atoms with Gasteiger partial charge in [-0.1, -0.05) is 0 Å². The van der Waals surface area contributed by atoms with Crippen molar-refractivity contribution in [2.75, 3.05) is 12.8 Å². The first-order valence-electron chi connectivity index (χ1n) is 7.23. The summed E-state index contributed by atoms with van der Waals surface area (Å²) in [7, 11) is 1.61. The Balaban J connectivity index is 2.09. The molecule has 0 saturated carbocycles. The zero-order valence-corrected chi connectivity index (χ0v) is 13.0. The summed E-state index contributed by atoms with van der Waals surface area (Å²) in [4.78, 5) is 16.4. The summed E-state index contributed by atoms with van der Waals surface area (Å²) >= 11 is 0. The number of nitrogen functional groups attached to an aromatic ring is 1. The first kappa shape index (κ1) is 14.8. The van der Waals surface area contributed by atoms with Crippen LogP contribution in [0.5, 0.6) is 11.5 Å². The van der Waals surface area contributed by atoms with Crippen molar-refractivity contribution >= 4 is 22.5 Å². The molecule has 0 atom stereocenters. The molecule has 2 aromatic carbocycles. The topological polar surface area (TPSA) is 77.2 Å². The van der Waals surface area contributed by atoms with Crippen LogP contribution >= 0.6 is 0 Å². The van der Waals surface area contributed by atoms with Gasteiger partial charge in [-0.15, -0.1) is 0 Å². The van der Waals surface area contributed by atoms with Crippen molar-refractivity contribution in [2.24, 2.45) is 0 Å². The molecule has 3 rings (SSSR count). The zero-order chi connectivity index (χ0) is 16.4. The van der Waals surface area contributed by atoms with Gasteiger partial charge in [-0.05, 0) is 55.0 Å². The number of fused-ring (bicyclic) bond motifs is 1. The maximum absolute atomic E-state index is 12.0. The van der Waals surface area contributed by atoms with E-state index in [0.29, 0.717) is 22.7 Å². The Kier molecular flexibility index (Phi) is 3.85. The molecule has 0 aliphatic carbocycles. The van der Waals surface area contributed by atoms with Gasteiger partial charge in [0.25, 0.3) is 5.91 Å². The van der Waals surface area contributed by atoms with Gasteiger partial charge in [-0.3, -0.25) is 9.78 Å². The molecule has 5 nitrogen and oxygen atoms in total. The SMILES string of the molecule is CNC(=O)c1cc2c(Oc3ccc(N)cc3)ccnc2cc1C. The third-order valence-corrected chi connectivity index (χ3v) is 3.63. The average molecular weight is 307 g/mol. The summed E-state index contributed by atoms with van der Waals surface area (Å²) in [5, 5.41) is 3.43. The maximum Gasteiger partial charge on any atom is 0.251 e. The number of carbonyl (C=O) groups excluding carboxylic acids is 1. The minimum absolute atomic E-state index is 0.133. The predicted molar refractivity (Wildman–Crippen MR) is 90.8 cm³/mol. The van der Waals surface area contributed by atoms with Crippen molar-refractivity contribution in [3.05, 3.63) is 59.8 Å². The Morgan fingerprint density at radius 1 is 1.17 bits per heavy atom. The van der Waals surface area contributed by atoms with E-state index in [2.05, 4.69) is 10.3 Å². The molecule has 1 amide bonds. The van der Waals surface area contributed by atoms with Gasteiger partial charge < -0.3 is 15.8 Å². The summed E-state index contributed by atoms with van der Waals surface area (Å²) < 4.78 is 5.93. The van der Waals surface area contributed by atoms with E-state index in [-0.39, 0.29) is 5.91 Å². The number of nitrogens with two attached hydrogens (primary N) is 1. The van der Waals surface area contributed by atoms with Crippen LogP contribution in [0.25, 0.3) is 10.9 Å². The Labute approximate surface area is 134 Å². The van der Waals surface area contributed by atoms with Crippen LogP contribution < -0.4 is 15.8 Å². The van der Waals surface area contributed by atoms with Crippen LogP contribution in [0.4, 0.5) is 5.69 Å². The number of carbonyl (C=O) groups is 1. The molecule has 23 heavy (non-hydrogen) atoms. The van der Waals surface area contributed by atoms with Gasteiger partial charge in [-0.25, -0.2) is 0 Å². The third kappa shape index (κ3) is 2.94. The number of aromatic nitrogens is 1. The highest BCUT2D eigenvalue weighted by atomic mass is 16.5. The summed E-state index contributed by atoms with van der Waals surface area (Å²) in [6.45, 7) is 1.89. The normalized spacial score (nSPS) is 10.5. The molecule has 0 unspecified atom stereocenters. The molecule has 1 aromatic heterocycles. The smallest absolute Gasteiger partial charge is 0.251 e. The second-order valence-corrected chi connectivity index (χ2v) is 5.24. The lowest BCUT2D eigenvalue weighted by Crippen LogP contribution is -2.18. The molecule has 0 saturated heterocycles. The fourth-order valence-corrected chi connectivity index (χ4v) is 2.40. The number of ether oxygens (including phenoxy) is 1. The van der Waals surface area contributed by atoms with Crippen molar-refractivity contribution in [2.45, 2.75) is 6.92 Å². The largest absolute Gasteiger partial charge is 0.457 e. The van der Waals surface area contributed by atoms with Crippen LogP contribution in [0.1, 0.15) is 15.9 Å². The van der Waals surface area contributed by atoms with Gasteiger partial charge in [0.1, 0.15) is 11.5 Å². The van der Waals surface area contributed by atoms with E-state index in [4.69, 9.17) is 10.5 Å². The fraction of sp³-hybridized carbons (Fsp3) is 0.111. The molecule has 0 spiro atoms. The third-order valence-electron chi connectivity index (χ3n) is 3.63. The van der Waals surface area contributed by atoms with E-state index in [1.54, 1.807) is 43.6 Å². The summed E-state index contributed by atoms with van der Waals surface area (Å²) in [5.41, 5.74) is 8.62. The second-order valence-electron chi connectivity index (χ2n) is 5.24. The number of pyridine rings is 1. The van der Waals surface area contributed by atoms with Crippen molar-refractivity contribution in [1.82, 2.24) is 10.3 Å². The van der Waals surface area contributed by atoms with E-state index in [1.165, 1.54) is 0 Å². The highest BCUT2D eigenvalue weighted by Crippen LogP contribution is 2.31. The number of benzene rings is 2. The molecule has 3 aromatic rings. The van der Waals surface area contributed by atoms with Crippen LogP contribution in [-0.2, 0) is 0 Å². The van der Waals surface area contributed by atoms with Crippen LogP contribution in [0.3, 0.4) is 0 Å². The van der Waals surface area contributed by atoms with Gasteiger partial charge in [0, 0.05) is 29.9 Å². The van der Waals surface area contributed by atoms with E-state index < -0.39 is 0 Å². The molecule has 0 fully saturated rings. The van der Waals surface area contributed by atoms with Crippen LogP contribution in [0, 0.1) is 6.92 Å². The quantitative estimate of drug-likeness (QED) is 0.728. The Bertz CT molecular complexity index is 873. The predicted octanol–water partition coefficient (Wildman–Crippen LogP) is 3.28. The highest BCUT2D eigenvalue weighted by molar-refractivity contribution is 6.00. The number of amides is 1. The van der Waals surface area contributed by atoms with Gasteiger partial charge in [0.15, 0.2) is 0 Å². The number of nitrogens with one attached hydrogen (secondary N) is 1. The Hall–Kier alpha value is -3.08. The second kappa shape index (κ2) is 5.96. The van der Waals surface area contributed by atoms with Crippen molar-refractivity contribution in [1.29, 1.82) is 0 Å². The first-order chi connectivity index (χ1) is 11.1. The van der Waals surface area contributed by atoms with E-state index in [0.717, 1.165) is 16.5 Å². The molecule has 3 N–H and O–H groups in total. The minimum atomic E-state index is -0.133. The Morgan fingerprint density at radius 2 is 1.91 bits per heavy atom. The average Bonchev–Trinajstić information content (AvgIpc) is 2.56. The minimum Gasteiger partial charge on any atom is -0.457 e. The zero-order valence-electron chi connectivity index (χ0n) is 13.0. The van der Waals surface area contributed by atoms with Crippen molar-refractivity contribution in [3.8, 4) is 11.5 Å². The van der Waals surface area contributed by atoms with Crippen LogP contribution in [0.15, 0.2) is 48.7 Å². The lowest BCUT2D eigenvalue weighted by Gasteiger charge is -2.11. The summed E-state index contributed by atoms with van der Waals surface area (Å²) in [6.07, 6.45) is 1.69. The molecule has 0 aliphatic rings. The molecule has 0 aliphatic heterocycles. The first-order valence-corrected chi connectivity index (χ1v) is 7.23. The fourth-order valence-electron chi connectivity index (χ4n) is 2.40. The monoisotopic (exact) mass is 307 g/mol. The standard InChI is InChI=1S/C18H17N3O2/c1-11-9-16-15(10-14(11)18(22)20-2)17(7-8-21-16)23-13-5-3-12(19)4-6-13/h3-10H,19H2,1-2H3,(H,20,22). The van der Waals surface area contributed by atoms with Gasteiger partial charge in [0.2, 0.25) is 0 Å². The highest BCUT2D eigenvalue weighted by Gasteiger charge is 2.12. The van der Waals surface area contributed by atoms with Gasteiger partial charge in [0.05, 0.1) is 5.52 Å². The summed E-state index contributed by atoms with van der Waals surface area (Å²) in [5.74, 6) is 1.19. The number of nitrogens with zero attached hydrogens (tertiary/aromatic N) is 1. The molecule has 1 heterocycles. The molecule has 0 bridgehead atoms. The van der Waals surface area contributed by atoms with E-state index >= 15 is 0 Å². The Morgan fingerprint density at radius 3 is 2.61 bits per heavy atom. The van der Waals surface area contributed by atoms with E-state index in [1.807, 2.05) is 19.1 Å². The summed E-state index contributed by atoms with van der Waals surface area (Å²) in [6, 6.07) is 12.6. The molecular formula is C18H17N3O2. The molecule has 116 valence electrons. The number of hydrogen-bond donors (Lipinski definition) is 2. The van der Waals surface area contributed by atoms with E-state index in [9.17, 15) is 4.79 Å². The maximum atomic E-state index is 12.0. The van der Waals surface area contributed by atoms with Crippen LogP contribution in [0.2, 0.25) is 0 Å². The van der Waals surface area contributed by atoms with Crippen molar-refractivity contribution < 1.29 is 9.53 Å². The number of aryl methyl sites for hydroxylation is 1. The lowest BCUT2D eigenvalue weighted by atomic mass is 10.0. The van der Waals surface area contributed by atoms with Crippen LogP contribution in [-0.4, -0.2) is 17.9 Å². The van der Waals surface area contributed by atoms with Gasteiger partial charge in [-0.2, -0.15) is 0 Å². The molecule has 5 heteroatoms. The molecular weight excluding hydrogens is 290 g/mol. The van der Waals surface area contributed by atoms with Gasteiger partial charge >= 0.3 is 0 Å². The molecule has 0 radical (unpaired) electrons. The van der Waals surface area contributed by atoms with Crippen molar-refractivity contribution in [3.63, 3.8) is 0 Å². The lowest BCUT2D eigenvalue weighted by molar-refractivity contribution is 0.0962.